The van der Waals surface area contributed by atoms with Gasteiger partial charge in [0.15, 0.2) is 11.9 Å². The number of amides is 10. The molecule has 0 radical (unpaired) electrons. The largest absolute Gasteiger partial charge is 0.494 e. The summed E-state index contributed by atoms with van der Waals surface area (Å²) in [4.78, 5) is 155. The molecule has 37 nitrogen and oxygen atoms in total. The minimum atomic E-state index is -2.03. The van der Waals surface area contributed by atoms with Crippen LogP contribution in [0.4, 0.5) is 27.2 Å². The Balaban J connectivity index is 0.923. The van der Waals surface area contributed by atoms with Crippen LogP contribution in [0.3, 0.4) is 0 Å². The van der Waals surface area contributed by atoms with Crippen molar-refractivity contribution >= 4 is 105 Å². The number of nitrogens with two attached hydrogens (primary N) is 2. The van der Waals surface area contributed by atoms with Crippen LogP contribution in [0.5, 0.6) is 17.2 Å². The van der Waals surface area contributed by atoms with E-state index < -0.39 is 103 Å². The highest BCUT2D eigenvalue weighted by molar-refractivity contribution is 6.13. The summed E-state index contributed by atoms with van der Waals surface area (Å²) in [7, 11) is 4.09. The normalized spacial score (nSPS) is 16.5. The van der Waals surface area contributed by atoms with Crippen LogP contribution in [0.1, 0.15) is 85.3 Å². The van der Waals surface area contributed by atoms with Crippen LogP contribution in [-0.4, -0.2) is 217 Å². The van der Waals surface area contributed by atoms with Crippen molar-refractivity contribution in [1.29, 1.82) is 0 Å². The topological polar surface area (TPSA) is 496 Å². The average molecular weight is 1400 g/mol. The number of rotatable bonds is 29. The number of aromatic nitrogens is 8. The smallest absolute Gasteiger partial charge is 0.415 e. The summed E-state index contributed by atoms with van der Waals surface area (Å²) < 4.78 is 34.4. The van der Waals surface area contributed by atoms with Crippen molar-refractivity contribution in [3.8, 4) is 17.2 Å². The Labute approximate surface area is 573 Å². The molecule has 1 fully saturated rings. The van der Waals surface area contributed by atoms with Crippen molar-refractivity contribution in [2.24, 2.45) is 11.5 Å². The van der Waals surface area contributed by atoms with Gasteiger partial charge in [-0.2, -0.15) is 10.2 Å². The maximum atomic E-state index is 14.2. The van der Waals surface area contributed by atoms with Crippen LogP contribution >= 0.6 is 0 Å². The first-order valence-corrected chi connectivity index (χ1v) is 31.3. The molecule has 37 heteroatoms. The summed E-state index contributed by atoms with van der Waals surface area (Å²) in [6.45, 7) is 6.29. The van der Waals surface area contributed by atoms with Gasteiger partial charge in [-0.05, 0) is 76.2 Å². The number of primary amides is 2. The van der Waals surface area contributed by atoms with Crippen molar-refractivity contribution in [3.05, 3.63) is 118 Å². The lowest BCUT2D eigenvalue weighted by atomic mass is 9.99. The first-order valence-electron chi connectivity index (χ1n) is 31.3. The zero-order chi connectivity index (χ0) is 73.3. The van der Waals surface area contributed by atoms with Crippen LogP contribution in [0.15, 0.2) is 78.9 Å². The zero-order valence-corrected chi connectivity index (χ0v) is 55.6. The van der Waals surface area contributed by atoms with Gasteiger partial charge in [-0.1, -0.05) is 12.2 Å². The third-order valence-electron chi connectivity index (χ3n) is 16.0. The molecule has 534 valence electrons. The maximum Gasteiger partial charge on any atom is 0.415 e. The number of likely N-dealkylation sites (N-methyl/N-ethyl adjacent to an activating group) is 2. The summed E-state index contributed by atoms with van der Waals surface area (Å²) in [6.07, 6.45) is -6.93. The highest BCUT2D eigenvalue weighted by atomic mass is 16.7. The van der Waals surface area contributed by atoms with Gasteiger partial charge < -0.3 is 85.1 Å². The number of carboxylic acid groups (broad SMARTS) is 1. The van der Waals surface area contributed by atoms with E-state index >= 15 is 0 Å². The number of anilines is 3. The van der Waals surface area contributed by atoms with Gasteiger partial charge >= 0.3 is 18.2 Å². The van der Waals surface area contributed by atoms with Gasteiger partial charge in [0.1, 0.15) is 58.8 Å². The fraction of sp³-hybridized carbons (Fsp3) is 0.359. The quantitative estimate of drug-likeness (QED) is 0.0232. The standard InChI is InChI=1S/C64H73N17O20/c1-8-80-41(24-32(3)73-80)57(91)71-61-69-39-26-35(55(65)89)28-43(97-7)49(39)78(61)19-10-11-20-79-50-40(70-62(79)72-58(92)42-25-33(4)74-81(42)9-2)27-36(56(66)90)29-44(50)100-64(96)76(6)23-22-75(5)63(95)98-31-34-12-13-37(99-60-53(88)51(86)52(87)54(101-60)59(93)94)30-38(34)68-46(83)16-18-67-45(82)17-21-77-47(84)14-15-48(77)85/h10-15,24-30,51-54,60,86-88H,8-9,16-23,31H2,1-7H3,(H2,65,89)(H2,66,90)(H,67,82)(H,68,83)(H,93,94)(H,69,71,91)(H,70,72,92)/b11-10+/t51-,52-,53+,54-,60+/m0/s1. The number of fused-ring (bicyclic) bond motifs is 2. The van der Waals surface area contributed by atoms with Crippen LogP contribution < -0.4 is 46.9 Å². The Bertz CT molecular complexity index is 4470. The average Bonchev–Trinajstić information content (AvgIpc) is 1.64. The monoisotopic (exact) mass is 1400 g/mol. The second-order valence-electron chi connectivity index (χ2n) is 23.1. The van der Waals surface area contributed by atoms with Crippen LogP contribution in [-0.2, 0) is 66.2 Å². The van der Waals surface area contributed by atoms with Crippen molar-refractivity contribution in [1.82, 2.24) is 58.7 Å². The van der Waals surface area contributed by atoms with Gasteiger partial charge in [-0.25, -0.2) is 24.4 Å². The molecule has 0 aliphatic carbocycles. The molecule has 2 aliphatic rings. The van der Waals surface area contributed by atoms with E-state index in [2.05, 4.69) is 41.4 Å². The van der Waals surface area contributed by atoms with E-state index in [1.165, 1.54) is 77.6 Å². The number of aliphatic hydroxyl groups is 3. The molecule has 5 atom stereocenters. The number of methoxy groups -OCH3 is 1. The number of nitrogens with zero attached hydrogens (tertiary/aromatic N) is 11. The van der Waals surface area contributed by atoms with Gasteiger partial charge in [0.05, 0.1) is 35.2 Å². The van der Waals surface area contributed by atoms with Gasteiger partial charge in [0, 0.05) is 114 Å². The van der Waals surface area contributed by atoms with Crippen molar-refractivity contribution in [2.45, 2.75) is 104 Å². The van der Waals surface area contributed by atoms with E-state index in [4.69, 9.17) is 35.2 Å². The molecular formula is C64H73N17O20. The van der Waals surface area contributed by atoms with Crippen LogP contribution in [0, 0.1) is 13.8 Å². The van der Waals surface area contributed by atoms with Gasteiger partial charge in [-0.15, -0.1) is 0 Å². The Morgan fingerprint density at radius 3 is 1.73 bits per heavy atom. The number of ether oxygens (including phenoxy) is 5. The number of carbonyl (C=O) groups is 11. The molecule has 0 spiro atoms. The number of aryl methyl sites for hydroxylation is 4. The number of hydrogen-bond acceptors (Lipinski definition) is 23. The molecule has 0 unspecified atom stereocenters. The number of hydrogen-bond donors (Lipinski definition) is 10. The molecule has 9 rings (SSSR count). The van der Waals surface area contributed by atoms with Gasteiger partial charge in [-0.3, -0.25) is 63.3 Å². The van der Waals surface area contributed by atoms with Crippen molar-refractivity contribution in [2.75, 3.05) is 63.3 Å². The number of carboxylic acids is 1. The molecule has 4 aromatic heterocycles. The molecule has 0 bridgehead atoms. The second-order valence-corrected chi connectivity index (χ2v) is 23.1. The summed E-state index contributed by atoms with van der Waals surface area (Å²) in [5, 5.41) is 60.4. The molecule has 0 saturated carbocycles. The first kappa shape index (κ1) is 73.2. The summed E-state index contributed by atoms with van der Waals surface area (Å²) in [5.41, 5.74) is 13.8. The molecule has 1 saturated heterocycles. The molecule has 6 heterocycles. The maximum absolute atomic E-state index is 14.2. The highest BCUT2D eigenvalue weighted by Crippen LogP contribution is 2.35. The van der Waals surface area contributed by atoms with E-state index in [9.17, 15) is 73.2 Å². The molecule has 10 amide bonds. The number of aliphatic hydroxyl groups excluding tert-OH is 3. The Kier molecular flexibility index (Phi) is 22.9. The number of benzene rings is 3. The number of allylic oxidation sites excluding steroid dienone is 2. The van der Waals surface area contributed by atoms with Crippen molar-refractivity contribution < 1.29 is 96.9 Å². The minimum Gasteiger partial charge on any atom is -0.494 e. The predicted molar refractivity (Wildman–Crippen MR) is 353 cm³/mol. The van der Waals surface area contributed by atoms with Crippen LogP contribution in [0.25, 0.3) is 22.1 Å². The molecule has 12 N–H and O–H groups in total. The zero-order valence-electron chi connectivity index (χ0n) is 55.6. The Hall–Kier alpha value is -12.1. The number of aliphatic carboxylic acids is 1. The summed E-state index contributed by atoms with van der Waals surface area (Å²) in [6, 6.07) is 12.4. The minimum absolute atomic E-state index is 0.0138. The number of carbonyl (C=O) groups excluding carboxylic acids is 10. The van der Waals surface area contributed by atoms with Gasteiger partial charge in [0.2, 0.25) is 41.8 Å². The molecular weight excluding hydrogens is 1330 g/mol. The lowest BCUT2D eigenvalue weighted by molar-refractivity contribution is -0.271. The molecule has 3 aromatic carbocycles. The van der Waals surface area contributed by atoms with E-state index in [1.54, 1.807) is 49.6 Å². The fourth-order valence-electron chi connectivity index (χ4n) is 10.7. The first-order chi connectivity index (χ1) is 48.1. The predicted octanol–water partition coefficient (Wildman–Crippen LogP) is 1.13. The number of imidazole rings is 2. The lowest BCUT2D eigenvalue weighted by Gasteiger charge is -2.38. The van der Waals surface area contributed by atoms with E-state index in [0.29, 0.717) is 30.0 Å². The van der Waals surface area contributed by atoms with Crippen LogP contribution in [0.2, 0.25) is 0 Å². The number of imide groups is 1. The molecule has 7 aromatic rings. The molecule has 101 heavy (non-hydrogen) atoms. The highest BCUT2D eigenvalue weighted by Gasteiger charge is 2.48. The summed E-state index contributed by atoms with van der Waals surface area (Å²) in [5.74, 6) is -7.21. The SMILES string of the molecule is CCn1nc(C)cc1C(=O)Nc1nc2cc(C(N)=O)cc(OC)c2n1C/C=C/Cn1c(NC(=O)c2cc(C)nn2CC)nc2cc(C(N)=O)cc(OC(=O)N(C)CCN(C)C(=O)OCc3ccc(O[C@@H]4O[C@H](C(=O)O)[C@@H](O)[C@H](O)[C@H]4O)cc3NC(=O)CCNC(=O)CCN3C(=O)C=CC3=O)c21. The molecule has 2 aliphatic heterocycles. The Morgan fingerprint density at radius 1 is 0.673 bits per heavy atom. The van der Waals surface area contributed by atoms with E-state index in [1.807, 2.05) is 6.92 Å². The second kappa shape index (κ2) is 31.6. The van der Waals surface area contributed by atoms with Gasteiger partial charge in [0.25, 0.3) is 23.6 Å². The lowest BCUT2D eigenvalue weighted by Crippen LogP contribution is -2.61. The third kappa shape index (κ3) is 16.9. The summed E-state index contributed by atoms with van der Waals surface area (Å²) >= 11 is 0. The van der Waals surface area contributed by atoms with E-state index in [0.717, 1.165) is 26.9 Å². The van der Waals surface area contributed by atoms with Crippen molar-refractivity contribution in [3.63, 3.8) is 0 Å². The Morgan fingerprint density at radius 2 is 1.21 bits per heavy atom. The third-order valence-corrected chi connectivity index (χ3v) is 16.0. The fourth-order valence-corrected chi connectivity index (χ4v) is 10.7. The van der Waals surface area contributed by atoms with E-state index in [-0.39, 0.29) is 132 Å². The number of nitrogens with one attached hydrogen (secondary N) is 4.